The number of rotatable bonds is 8. The van der Waals surface area contributed by atoms with Crippen LogP contribution >= 0.6 is 0 Å². The van der Waals surface area contributed by atoms with Gasteiger partial charge in [0.15, 0.2) is 5.96 Å². The van der Waals surface area contributed by atoms with Crippen LogP contribution in [-0.2, 0) is 6.54 Å². The number of benzene rings is 2. The molecule has 146 valence electrons. The van der Waals surface area contributed by atoms with Gasteiger partial charge < -0.3 is 25.0 Å². The fourth-order valence-electron chi connectivity index (χ4n) is 2.83. The van der Waals surface area contributed by atoms with Gasteiger partial charge in [0, 0.05) is 20.1 Å². The molecule has 0 saturated heterocycles. The van der Waals surface area contributed by atoms with E-state index in [-0.39, 0.29) is 6.04 Å². The summed E-state index contributed by atoms with van der Waals surface area (Å²) in [6.07, 6.45) is 0. The lowest BCUT2D eigenvalue weighted by atomic mass is 10.1. The zero-order valence-corrected chi connectivity index (χ0v) is 16.8. The monoisotopic (exact) mass is 370 g/mol. The van der Waals surface area contributed by atoms with Crippen LogP contribution < -0.4 is 20.1 Å². The van der Waals surface area contributed by atoms with Crippen molar-refractivity contribution in [2.45, 2.75) is 12.6 Å². The molecule has 0 aliphatic carbocycles. The lowest BCUT2D eigenvalue weighted by molar-refractivity contribution is 0.297. The predicted molar refractivity (Wildman–Crippen MR) is 111 cm³/mol. The van der Waals surface area contributed by atoms with Crippen molar-refractivity contribution in [3.05, 3.63) is 59.7 Å². The molecule has 0 bridgehead atoms. The average Bonchev–Trinajstić information content (AvgIpc) is 2.70. The molecule has 0 aromatic heterocycles. The van der Waals surface area contributed by atoms with Gasteiger partial charge in [0.25, 0.3) is 0 Å². The highest BCUT2D eigenvalue weighted by atomic mass is 16.5. The van der Waals surface area contributed by atoms with E-state index < -0.39 is 0 Å². The Hall–Kier alpha value is -2.73. The van der Waals surface area contributed by atoms with Gasteiger partial charge in [0.2, 0.25) is 0 Å². The molecule has 6 heteroatoms. The van der Waals surface area contributed by atoms with Crippen LogP contribution in [0.15, 0.2) is 53.5 Å². The van der Waals surface area contributed by atoms with Crippen LogP contribution in [0.1, 0.15) is 17.2 Å². The van der Waals surface area contributed by atoms with Crippen LogP contribution in [0.25, 0.3) is 0 Å². The number of nitrogens with zero attached hydrogens (tertiary/aromatic N) is 2. The molecule has 1 unspecified atom stereocenters. The van der Waals surface area contributed by atoms with E-state index in [9.17, 15) is 0 Å². The van der Waals surface area contributed by atoms with Crippen molar-refractivity contribution in [1.29, 1.82) is 0 Å². The van der Waals surface area contributed by atoms with E-state index in [1.54, 1.807) is 21.3 Å². The summed E-state index contributed by atoms with van der Waals surface area (Å²) in [5.41, 5.74) is 2.32. The smallest absolute Gasteiger partial charge is 0.191 e. The SMILES string of the molecule is CN=C(NCc1cccc(OC)c1)NCC(c1cccc(OC)c1)N(C)C. The van der Waals surface area contributed by atoms with Gasteiger partial charge in [-0.25, -0.2) is 0 Å². The Bertz CT molecular complexity index is 746. The summed E-state index contributed by atoms with van der Waals surface area (Å²) in [4.78, 5) is 6.50. The molecule has 2 aromatic rings. The number of aliphatic imine (C=N–C) groups is 1. The standard InChI is InChI=1S/C21H30N4O2/c1-22-21(23-14-16-8-6-10-18(12-16)26-4)24-15-20(25(2)3)17-9-7-11-19(13-17)27-5/h6-13,20H,14-15H2,1-5H3,(H2,22,23,24). The zero-order chi connectivity index (χ0) is 19.6. The zero-order valence-electron chi connectivity index (χ0n) is 16.8. The van der Waals surface area contributed by atoms with Crippen molar-refractivity contribution in [3.63, 3.8) is 0 Å². The van der Waals surface area contributed by atoms with Crippen molar-refractivity contribution < 1.29 is 9.47 Å². The highest BCUT2D eigenvalue weighted by Crippen LogP contribution is 2.22. The van der Waals surface area contributed by atoms with Crippen molar-refractivity contribution in [2.75, 3.05) is 41.9 Å². The van der Waals surface area contributed by atoms with Crippen LogP contribution in [-0.4, -0.2) is 52.8 Å². The summed E-state index contributed by atoms with van der Waals surface area (Å²) < 4.78 is 10.6. The van der Waals surface area contributed by atoms with E-state index in [0.29, 0.717) is 6.54 Å². The minimum atomic E-state index is 0.190. The van der Waals surface area contributed by atoms with Crippen LogP contribution in [0.4, 0.5) is 0 Å². The first-order valence-corrected chi connectivity index (χ1v) is 8.95. The van der Waals surface area contributed by atoms with Crippen molar-refractivity contribution in [1.82, 2.24) is 15.5 Å². The molecule has 6 nitrogen and oxygen atoms in total. The molecule has 0 aliphatic rings. The second-order valence-electron chi connectivity index (χ2n) is 6.41. The number of likely N-dealkylation sites (N-methyl/N-ethyl adjacent to an activating group) is 1. The van der Waals surface area contributed by atoms with E-state index >= 15 is 0 Å². The van der Waals surface area contributed by atoms with Crippen LogP contribution in [0, 0.1) is 0 Å². The predicted octanol–water partition coefficient (Wildman–Crippen LogP) is 2.67. The first kappa shape index (κ1) is 20.6. The third kappa shape index (κ3) is 6.18. The Labute approximate surface area is 162 Å². The maximum atomic E-state index is 5.35. The number of nitrogens with one attached hydrogen (secondary N) is 2. The van der Waals surface area contributed by atoms with Crippen molar-refractivity contribution in [3.8, 4) is 11.5 Å². The van der Waals surface area contributed by atoms with Gasteiger partial charge in [-0.3, -0.25) is 4.99 Å². The molecule has 0 amide bonds. The van der Waals surface area contributed by atoms with E-state index in [2.05, 4.69) is 52.8 Å². The van der Waals surface area contributed by atoms with E-state index in [4.69, 9.17) is 9.47 Å². The lowest BCUT2D eigenvalue weighted by Crippen LogP contribution is -2.41. The van der Waals surface area contributed by atoms with Crippen molar-refractivity contribution in [2.24, 2.45) is 4.99 Å². The number of hydrogen-bond donors (Lipinski definition) is 2. The molecule has 0 radical (unpaired) electrons. The Morgan fingerprint density at radius 1 is 1.00 bits per heavy atom. The van der Waals surface area contributed by atoms with Gasteiger partial charge in [0.05, 0.1) is 20.3 Å². The Morgan fingerprint density at radius 2 is 1.67 bits per heavy atom. The molecule has 0 saturated carbocycles. The summed E-state index contributed by atoms with van der Waals surface area (Å²) in [5.74, 6) is 2.47. The minimum Gasteiger partial charge on any atom is -0.497 e. The number of ether oxygens (including phenoxy) is 2. The second-order valence-corrected chi connectivity index (χ2v) is 6.41. The fraction of sp³-hybridized carbons (Fsp3) is 0.381. The maximum Gasteiger partial charge on any atom is 0.191 e. The molecular formula is C21H30N4O2. The second kappa shape index (κ2) is 10.4. The Kier molecular flexibility index (Phi) is 7.95. The quantitative estimate of drug-likeness (QED) is 0.553. The molecule has 0 aliphatic heterocycles. The maximum absolute atomic E-state index is 5.35. The average molecular weight is 370 g/mol. The molecule has 0 fully saturated rings. The molecule has 2 aromatic carbocycles. The Balaban J connectivity index is 1.97. The van der Waals surface area contributed by atoms with Crippen molar-refractivity contribution >= 4 is 5.96 Å². The topological polar surface area (TPSA) is 58.1 Å². The summed E-state index contributed by atoms with van der Waals surface area (Å²) in [5, 5.41) is 6.76. The van der Waals surface area contributed by atoms with Crippen LogP contribution in [0.2, 0.25) is 0 Å². The highest BCUT2D eigenvalue weighted by molar-refractivity contribution is 5.79. The van der Waals surface area contributed by atoms with Gasteiger partial charge >= 0.3 is 0 Å². The third-order valence-electron chi connectivity index (χ3n) is 4.38. The van der Waals surface area contributed by atoms with E-state index in [1.807, 2.05) is 30.3 Å². The molecule has 0 heterocycles. The van der Waals surface area contributed by atoms with Crippen LogP contribution in [0.5, 0.6) is 11.5 Å². The molecular weight excluding hydrogens is 340 g/mol. The molecule has 2 rings (SSSR count). The summed E-state index contributed by atoms with van der Waals surface area (Å²) in [6.45, 7) is 1.39. The number of hydrogen-bond acceptors (Lipinski definition) is 4. The third-order valence-corrected chi connectivity index (χ3v) is 4.38. The number of guanidine groups is 1. The molecule has 0 spiro atoms. The number of methoxy groups -OCH3 is 2. The van der Waals surface area contributed by atoms with Gasteiger partial charge in [-0.2, -0.15) is 0 Å². The van der Waals surface area contributed by atoms with E-state index in [1.165, 1.54) is 5.56 Å². The van der Waals surface area contributed by atoms with Gasteiger partial charge in [-0.1, -0.05) is 24.3 Å². The summed E-state index contributed by atoms with van der Waals surface area (Å²) in [7, 11) is 9.27. The van der Waals surface area contributed by atoms with E-state index in [0.717, 1.165) is 29.6 Å². The lowest BCUT2D eigenvalue weighted by Gasteiger charge is -2.26. The first-order chi connectivity index (χ1) is 13.1. The molecule has 1 atom stereocenters. The van der Waals surface area contributed by atoms with Crippen LogP contribution in [0.3, 0.4) is 0 Å². The fourth-order valence-corrected chi connectivity index (χ4v) is 2.83. The van der Waals surface area contributed by atoms with Gasteiger partial charge in [0.1, 0.15) is 11.5 Å². The van der Waals surface area contributed by atoms with Gasteiger partial charge in [-0.05, 0) is 49.5 Å². The Morgan fingerprint density at radius 3 is 2.30 bits per heavy atom. The minimum absolute atomic E-state index is 0.190. The molecule has 27 heavy (non-hydrogen) atoms. The summed E-state index contributed by atoms with van der Waals surface area (Å²) in [6, 6.07) is 16.3. The molecule has 2 N–H and O–H groups in total. The first-order valence-electron chi connectivity index (χ1n) is 8.95. The highest BCUT2D eigenvalue weighted by Gasteiger charge is 2.15. The van der Waals surface area contributed by atoms with Gasteiger partial charge in [-0.15, -0.1) is 0 Å². The summed E-state index contributed by atoms with van der Waals surface area (Å²) >= 11 is 0. The largest absolute Gasteiger partial charge is 0.497 e. The normalized spacial score (nSPS) is 12.6.